The molecule has 2 N–H and O–H groups in total. The van der Waals surface area contributed by atoms with Crippen molar-refractivity contribution >= 4 is 33.3 Å². The first-order chi connectivity index (χ1) is 20.3. The summed E-state index contributed by atoms with van der Waals surface area (Å²) >= 11 is 0. The van der Waals surface area contributed by atoms with Crippen LogP contribution < -0.4 is 26.1 Å². The second kappa shape index (κ2) is 11.7. The third kappa shape index (κ3) is 5.54. The average Bonchev–Trinajstić information content (AvgIpc) is 3.01. The van der Waals surface area contributed by atoms with Crippen LogP contribution in [0.3, 0.4) is 0 Å². The summed E-state index contributed by atoms with van der Waals surface area (Å²) in [6, 6.07) is 26.1. The number of ether oxygens (including phenoxy) is 2. The van der Waals surface area contributed by atoms with Crippen molar-refractivity contribution < 1.29 is 23.2 Å². The minimum absolute atomic E-state index is 0.0935. The molecule has 6 rings (SSSR count). The Balaban J connectivity index is 0.000000169. The number of nitrogen functional groups attached to an aromatic ring is 1. The number of nitro groups is 1. The van der Waals surface area contributed by atoms with Crippen LogP contribution in [0.4, 0.5) is 11.4 Å². The first-order valence-electron chi connectivity index (χ1n) is 12.6. The number of hydrogen-bond acceptors (Lipinski definition) is 9. The van der Waals surface area contributed by atoms with E-state index in [1.54, 1.807) is 67.8 Å². The molecule has 42 heavy (non-hydrogen) atoms. The van der Waals surface area contributed by atoms with Crippen LogP contribution in [0.25, 0.3) is 44.6 Å². The first kappa shape index (κ1) is 27.7. The highest BCUT2D eigenvalue weighted by Crippen LogP contribution is 2.34. The van der Waals surface area contributed by atoms with E-state index in [-0.39, 0.29) is 27.9 Å². The largest absolute Gasteiger partial charge is 0.497 e. The molecule has 0 fully saturated rings. The standard InChI is InChI=1S/C16H11NO5.C16H13NO3/c1-21-10-6-7-13(17(19)20)12(8-10)16-9-14(18)11-4-2-3-5-15(11)22-16;1-19-10-6-7-13(17)12(8-10)16-9-14(18)11-4-2-3-5-15(11)20-16/h2-9H,1H3;2-9H,17H2,1H3. The van der Waals surface area contributed by atoms with Gasteiger partial charge in [-0.05, 0) is 54.6 Å². The van der Waals surface area contributed by atoms with Gasteiger partial charge in [0, 0.05) is 29.4 Å². The van der Waals surface area contributed by atoms with Crippen LogP contribution in [0.5, 0.6) is 11.5 Å². The van der Waals surface area contributed by atoms with Gasteiger partial charge in [-0.25, -0.2) is 0 Å². The lowest BCUT2D eigenvalue weighted by Gasteiger charge is -2.08. The minimum atomic E-state index is -0.524. The molecule has 0 aliphatic rings. The van der Waals surface area contributed by atoms with Crippen LogP contribution in [0.15, 0.2) is 115 Å². The first-order valence-corrected chi connectivity index (χ1v) is 12.6. The van der Waals surface area contributed by atoms with Crippen molar-refractivity contribution in [3.8, 4) is 34.1 Å². The molecule has 0 saturated carbocycles. The highest BCUT2D eigenvalue weighted by atomic mass is 16.6. The summed E-state index contributed by atoms with van der Waals surface area (Å²) in [6.07, 6.45) is 0. The van der Waals surface area contributed by atoms with Gasteiger partial charge in [0.25, 0.3) is 5.69 Å². The zero-order valence-corrected chi connectivity index (χ0v) is 22.5. The maximum absolute atomic E-state index is 12.1. The number of hydrogen-bond donors (Lipinski definition) is 1. The monoisotopic (exact) mass is 564 g/mol. The minimum Gasteiger partial charge on any atom is -0.497 e. The third-order valence-corrected chi connectivity index (χ3v) is 6.46. The Hall–Kier alpha value is -5.90. The molecular weight excluding hydrogens is 540 g/mol. The van der Waals surface area contributed by atoms with E-state index in [1.165, 1.54) is 37.4 Å². The molecule has 0 bridgehead atoms. The molecule has 0 amide bonds. The van der Waals surface area contributed by atoms with E-state index in [2.05, 4.69) is 0 Å². The molecule has 0 unspecified atom stereocenters. The zero-order valence-electron chi connectivity index (χ0n) is 22.5. The second-order valence-electron chi connectivity index (χ2n) is 9.04. The molecule has 4 aromatic carbocycles. The van der Waals surface area contributed by atoms with Crippen LogP contribution in [-0.4, -0.2) is 19.1 Å². The maximum atomic E-state index is 12.1. The lowest BCUT2D eigenvalue weighted by molar-refractivity contribution is -0.384. The van der Waals surface area contributed by atoms with Gasteiger partial charge in [-0.1, -0.05) is 24.3 Å². The molecule has 0 aliphatic carbocycles. The molecule has 0 radical (unpaired) electrons. The lowest BCUT2D eigenvalue weighted by atomic mass is 10.1. The van der Waals surface area contributed by atoms with E-state index in [4.69, 9.17) is 24.0 Å². The van der Waals surface area contributed by atoms with E-state index in [0.29, 0.717) is 50.4 Å². The fourth-order valence-corrected chi connectivity index (χ4v) is 4.35. The number of nitrogens with two attached hydrogens (primary N) is 1. The Bertz CT molecular complexity index is 2060. The number of rotatable bonds is 5. The van der Waals surface area contributed by atoms with Gasteiger partial charge >= 0.3 is 0 Å². The van der Waals surface area contributed by atoms with Gasteiger partial charge in [0.05, 0.1) is 35.5 Å². The second-order valence-corrected chi connectivity index (χ2v) is 9.04. The summed E-state index contributed by atoms with van der Waals surface area (Å²) in [6.45, 7) is 0. The topological polar surface area (TPSA) is 148 Å². The summed E-state index contributed by atoms with van der Waals surface area (Å²) in [5, 5.41) is 12.2. The van der Waals surface area contributed by atoms with Crippen LogP contribution >= 0.6 is 0 Å². The normalized spacial score (nSPS) is 10.6. The van der Waals surface area contributed by atoms with Crippen molar-refractivity contribution in [2.24, 2.45) is 0 Å². The Morgan fingerprint density at radius 2 is 1.14 bits per heavy atom. The molecular formula is C32H24N2O8. The van der Waals surface area contributed by atoms with E-state index in [1.807, 2.05) is 6.07 Å². The van der Waals surface area contributed by atoms with Gasteiger partial charge in [0.2, 0.25) is 0 Å². The van der Waals surface area contributed by atoms with Gasteiger partial charge in [-0.2, -0.15) is 0 Å². The average molecular weight is 565 g/mol. The number of nitrogens with zero attached hydrogens (tertiary/aromatic N) is 1. The summed E-state index contributed by atoms with van der Waals surface area (Å²) in [7, 11) is 3.04. The lowest BCUT2D eigenvalue weighted by Crippen LogP contribution is -2.01. The number of methoxy groups -OCH3 is 2. The Morgan fingerprint density at radius 1 is 0.667 bits per heavy atom. The molecule has 2 aromatic heterocycles. The number of nitro benzene ring substituents is 1. The van der Waals surface area contributed by atoms with Crippen molar-refractivity contribution in [1.29, 1.82) is 0 Å². The van der Waals surface area contributed by atoms with Crippen molar-refractivity contribution in [3.63, 3.8) is 0 Å². The van der Waals surface area contributed by atoms with E-state index < -0.39 is 4.92 Å². The number of fused-ring (bicyclic) bond motifs is 2. The number of anilines is 1. The van der Waals surface area contributed by atoms with Gasteiger partial charge in [-0.3, -0.25) is 19.7 Å². The molecule has 6 aromatic rings. The summed E-state index contributed by atoms with van der Waals surface area (Å²) in [5.41, 5.74) is 7.74. The Labute approximate surface area is 238 Å². The smallest absolute Gasteiger partial charge is 0.280 e. The summed E-state index contributed by atoms with van der Waals surface area (Å²) in [4.78, 5) is 34.9. The van der Waals surface area contributed by atoms with Crippen molar-refractivity contribution in [1.82, 2.24) is 0 Å². The highest BCUT2D eigenvalue weighted by Gasteiger charge is 2.19. The predicted octanol–water partition coefficient (Wildman–Crippen LogP) is 6.43. The fourth-order valence-electron chi connectivity index (χ4n) is 4.35. The van der Waals surface area contributed by atoms with Gasteiger partial charge in [0.15, 0.2) is 10.9 Å². The van der Waals surface area contributed by atoms with Gasteiger partial charge in [0.1, 0.15) is 34.2 Å². The van der Waals surface area contributed by atoms with Crippen LogP contribution in [0.2, 0.25) is 0 Å². The SMILES string of the molecule is COc1ccc(N)c(-c2cc(=O)c3ccccc3o2)c1.COc1ccc([N+](=O)[O-])c(-c2cc(=O)c3ccccc3o2)c1. The number of para-hydroxylation sites is 2. The molecule has 0 atom stereocenters. The molecule has 0 saturated heterocycles. The quantitative estimate of drug-likeness (QED) is 0.142. The predicted molar refractivity (Wildman–Crippen MR) is 160 cm³/mol. The van der Waals surface area contributed by atoms with Crippen molar-refractivity contribution in [3.05, 3.63) is 128 Å². The van der Waals surface area contributed by atoms with Crippen molar-refractivity contribution in [2.75, 3.05) is 20.0 Å². The van der Waals surface area contributed by atoms with Crippen LogP contribution in [-0.2, 0) is 0 Å². The molecule has 210 valence electrons. The molecule has 2 heterocycles. The summed E-state index contributed by atoms with van der Waals surface area (Å²) in [5.74, 6) is 1.67. The summed E-state index contributed by atoms with van der Waals surface area (Å²) < 4.78 is 21.7. The molecule has 10 heteroatoms. The fraction of sp³-hybridized carbons (Fsp3) is 0.0625. The van der Waals surface area contributed by atoms with E-state index in [9.17, 15) is 19.7 Å². The molecule has 0 aliphatic heterocycles. The third-order valence-electron chi connectivity index (χ3n) is 6.46. The van der Waals surface area contributed by atoms with E-state index >= 15 is 0 Å². The number of benzene rings is 4. The van der Waals surface area contributed by atoms with Crippen LogP contribution in [0, 0.1) is 10.1 Å². The Kier molecular flexibility index (Phi) is 7.70. The maximum Gasteiger partial charge on any atom is 0.280 e. The van der Waals surface area contributed by atoms with Gasteiger partial charge < -0.3 is 24.0 Å². The highest BCUT2D eigenvalue weighted by molar-refractivity contribution is 5.82. The Morgan fingerprint density at radius 3 is 1.67 bits per heavy atom. The zero-order chi connectivity index (χ0) is 29.8. The molecule has 10 nitrogen and oxygen atoms in total. The van der Waals surface area contributed by atoms with E-state index in [0.717, 1.165) is 0 Å². The molecule has 0 spiro atoms. The van der Waals surface area contributed by atoms with Gasteiger partial charge in [-0.15, -0.1) is 0 Å². The van der Waals surface area contributed by atoms with Crippen molar-refractivity contribution in [2.45, 2.75) is 0 Å². The van der Waals surface area contributed by atoms with Crippen LogP contribution in [0.1, 0.15) is 0 Å².